The molecule has 1 aliphatic rings. The minimum Gasteiger partial charge on any atom is -0.308 e. The van der Waals surface area contributed by atoms with Gasteiger partial charge in [-0.1, -0.05) is 25.4 Å². The van der Waals surface area contributed by atoms with Crippen molar-refractivity contribution in [2.45, 2.75) is 52.6 Å². The van der Waals surface area contributed by atoms with Crippen molar-refractivity contribution < 1.29 is 0 Å². The van der Waals surface area contributed by atoms with Gasteiger partial charge < -0.3 is 5.32 Å². The summed E-state index contributed by atoms with van der Waals surface area (Å²) < 4.78 is 1.88. The molecule has 0 aromatic carbocycles. The highest BCUT2D eigenvalue weighted by molar-refractivity contribution is 6.31. The lowest BCUT2D eigenvalue weighted by Gasteiger charge is -2.18. The van der Waals surface area contributed by atoms with E-state index in [9.17, 15) is 0 Å². The summed E-state index contributed by atoms with van der Waals surface area (Å²) in [6, 6.07) is 0.622. The summed E-state index contributed by atoms with van der Waals surface area (Å²) in [5, 5.41) is 8.74. The molecule has 0 amide bonds. The van der Waals surface area contributed by atoms with Gasteiger partial charge in [0.1, 0.15) is 0 Å². The Bertz CT molecular complexity index is 409. The van der Waals surface area contributed by atoms with Crippen LogP contribution in [0.2, 0.25) is 5.02 Å². The van der Waals surface area contributed by atoms with Gasteiger partial charge in [0.05, 0.1) is 16.4 Å². The van der Waals surface area contributed by atoms with Crippen LogP contribution >= 0.6 is 11.6 Å². The van der Waals surface area contributed by atoms with Crippen LogP contribution in [0.5, 0.6) is 0 Å². The highest BCUT2D eigenvalue weighted by Gasteiger charge is 2.30. The Hall–Kier alpha value is -0.540. The fourth-order valence-electron chi connectivity index (χ4n) is 2.72. The van der Waals surface area contributed by atoms with Gasteiger partial charge in [0, 0.05) is 19.6 Å². The van der Waals surface area contributed by atoms with E-state index < -0.39 is 0 Å². The number of hydrogen-bond donors (Lipinski definition) is 1. The van der Waals surface area contributed by atoms with Crippen LogP contribution in [0.4, 0.5) is 0 Å². The average molecular weight is 256 g/mol. The molecule has 0 saturated heterocycles. The lowest BCUT2D eigenvalue weighted by molar-refractivity contribution is 0.363. The Morgan fingerprint density at radius 1 is 1.53 bits per heavy atom. The van der Waals surface area contributed by atoms with E-state index in [1.807, 2.05) is 18.7 Å². The molecule has 4 heteroatoms. The first-order chi connectivity index (χ1) is 7.89. The third-order valence-corrected chi connectivity index (χ3v) is 4.28. The van der Waals surface area contributed by atoms with Gasteiger partial charge in [-0.15, -0.1) is 0 Å². The van der Waals surface area contributed by atoms with Crippen molar-refractivity contribution in [3.8, 4) is 0 Å². The van der Waals surface area contributed by atoms with E-state index in [1.54, 1.807) is 0 Å². The summed E-state index contributed by atoms with van der Waals surface area (Å²) in [6.07, 6.45) is 3.83. The molecule has 0 aliphatic heterocycles. The molecule has 1 heterocycles. The zero-order valence-corrected chi connectivity index (χ0v) is 11.9. The van der Waals surface area contributed by atoms with Crippen molar-refractivity contribution in [3.05, 3.63) is 16.4 Å². The lowest BCUT2D eigenvalue weighted by Crippen LogP contribution is -2.27. The third-order valence-electron chi connectivity index (χ3n) is 3.79. The predicted molar refractivity (Wildman–Crippen MR) is 71.2 cm³/mol. The van der Waals surface area contributed by atoms with Crippen molar-refractivity contribution in [2.24, 2.45) is 12.5 Å². The van der Waals surface area contributed by atoms with Crippen LogP contribution in [0, 0.1) is 12.3 Å². The van der Waals surface area contributed by atoms with Gasteiger partial charge >= 0.3 is 0 Å². The summed E-state index contributed by atoms with van der Waals surface area (Å²) in [6.45, 7) is 7.45. The predicted octanol–water partition coefficient (Wildman–Crippen LogP) is 3.05. The average Bonchev–Trinajstić information content (AvgIpc) is 2.68. The maximum absolute atomic E-state index is 6.23. The minimum absolute atomic E-state index is 0.490. The first kappa shape index (κ1) is 12.9. The van der Waals surface area contributed by atoms with Crippen LogP contribution in [-0.2, 0) is 13.6 Å². The van der Waals surface area contributed by atoms with Crippen LogP contribution < -0.4 is 5.32 Å². The number of aromatic nitrogens is 2. The molecule has 1 fully saturated rings. The van der Waals surface area contributed by atoms with Crippen LogP contribution in [0.15, 0.2) is 0 Å². The summed E-state index contributed by atoms with van der Waals surface area (Å²) in [4.78, 5) is 0. The summed E-state index contributed by atoms with van der Waals surface area (Å²) in [5.74, 6) is 0. The normalized spacial score (nSPS) is 23.2. The van der Waals surface area contributed by atoms with Gasteiger partial charge in [-0.25, -0.2) is 0 Å². The third kappa shape index (κ3) is 2.83. The Kier molecular flexibility index (Phi) is 3.50. The molecule has 0 spiro atoms. The van der Waals surface area contributed by atoms with E-state index in [1.165, 1.54) is 19.3 Å². The quantitative estimate of drug-likeness (QED) is 0.900. The Balaban J connectivity index is 1.95. The van der Waals surface area contributed by atoms with E-state index in [2.05, 4.69) is 24.3 Å². The van der Waals surface area contributed by atoms with E-state index >= 15 is 0 Å². The molecule has 1 aromatic rings. The Labute approximate surface area is 109 Å². The smallest absolute Gasteiger partial charge is 0.0860 e. The first-order valence-electron chi connectivity index (χ1n) is 6.30. The van der Waals surface area contributed by atoms with Gasteiger partial charge in [0.15, 0.2) is 0 Å². The number of aryl methyl sites for hydroxylation is 2. The SMILES string of the molecule is Cc1nn(C)c(CNC2CCC(C)(C)C2)c1Cl. The number of halogens is 1. The van der Waals surface area contributed by atoms with E-state index in [0.29, 0.717) is 11.5 Å². The van der Waals surface area contributed by atoms with Crippen molar-refractivity contribution in [2.75, 3.05) is 0 Å². The van der Waals surface area contributed by atoms with Gasteiger partial charge in [0.2, 0.25) is 0 Å². The van der Waals surface area contributed by atoms with Crippen LogP contribution in [0.3, 0.4) is 0 Å². The molecular formula is C13H22ClN3. The molecule has 96 valence electrons. The van der Waals surface area contributed by atoms with E-state index in [-0.39, 0.29) is 0 Å². The number of hydrogen-bond acceptors (Lipinski definition) is 2. The van der Waals surface area contributed by atoms with Crippen molar-refractivity contribution in [1.29, 1.82) is 0 Å². The molecule has 1 aromatic heterocycles. The molecule has 2 rings (SSSR count). The molecule has 1 aliphatic carbocycles. The van der Waals surface area contributed by atoms with E-state index in [0.717, 1.165) is 23.0 Å². The van der Waals surface area contributed by atoms with Crippen LogP contribution in [-0.4, -0.2) is 15.8 Å². The summed E-state index contributed by atoms with van der Waals surface area (Å²) in [7, 11) is 1.95. The second-order valence-corrected chi connectivity index (χ2v) is 6.33. The molecule has 1 atom stereocenters. The summed E-state index contributed by atoms with van der Waals surface area (Å²) in [5.41, 5.74) is 2.50. The number of nitrogens with zero attached hydrogens (tertiary/aromatic N) is 2. The maximum Gasteiger partial charge on any atom is 0.0860 e. The molecule has 1 saturated carbocycles. The van der Waals surface area contributed by atoms with Crippen molar-refractivity contribution in [1.82, 2.24) is 15.1 Å². The van der Waals surface area contributed by atoms with Gasteiger partial charge in [0.25, 0.3) is 0 Å². The second kappa shape index (κ2) is 4.62. The highest BCUT2D eigenvalue weighted by atomic mass is 35.5. The number of rotatable bonds is 3. The monoisotopic (exact) mass is 255 g/mol. The first-order valence-corrected chi connectivity index (χ1v) is 6.68. The second-order valence-electron chi connectivity index (χ2n) is 5.95. The highest BCUT2D eigenvalue weighted by Crippen LogP contribution is 2.37. The minimum atomic E-state index is 0.490. The van der Waals surface area contributed by atoms with E-state index in [4.69, 9.17) is 11.6 Å². The fraction of sp³-hybridized carbons (Fsp3) is 0.769. The molecule has 3 nitrogen and oxygen atoms in total. The number of nitrogens with one attached hydrogen (secondary N) is 1. The maximum atomic E-state index is 6.23. The topological polar surface area (TPSA) is 29.9 Å². The molecule has 1 N–H and O–H groups in total. The fourth-order valence-corrected chi connectivity index (χ4v) is 2.95. The Morgan fingerprint density at radius 3 is 2.71 bits per heavy atom. The van der Waals surface area contributed by atoms with Gasteiger partial charge in [-0.05, 0) is 31.6 Å². The zero-order chi connectivity index (χ0) is 12.6. The lowest BCUT2D eigenvalue weighted by atomic mass is 9.92. The molecular weight excluding hydrogens is 234 g/mol. The molecule has 17 heavy (non-hydrogen) atoms. The van der Waals surface area contributed by atoms with Crippen LogP contribution in [0.1, 0.15) is 44.5 Å². The molecule has 0 radical (unpaired) electrons. The Morgan fingerprint density at radius 2 is 2.24 bits per heavy atom. The van der Waals surface area contributed by atoms with Gasteiger partial charge in [-0.2, -0.15) is 5.10 Å². The zero-order valence-electron chi connectivity index (χ0n) is 11.2. The van der Waals surface area contributed by atoms with Crippen molar-refractivity contribution in [3.63, 3.8) is 0 Å². The van der Waals surface area contributed by atoms with Crippen LogP contribution in [0.25, 0.3) is 0 Å². The van der Waals surface area contributed by atoms with Crippen molar-refractivity contribution >= 4 is 11.6 Å². The molecule has 1 unspecified atom stereocenters. The molecule has 0 bridgehead atoms. The standard InChI is InChI=1S/C13H22ClN3/c1-9-12(14)11(17(4)16-9)8-15-10-5-6-13(2,3)7-10/h10,15H,5-8H2,1-4H3. The van der Waals surface area contributed by atoms with Gasteiger partial charge in [-0.3, -0.25) is 4.68 Å². The largest absolute Gasteiger partial charge is 0.308 e. The summed E-state index contributed by atoms with van der Waals surface area (Å²) >= 11 is 6.23.